The van der Waals surface area contributed by atoms with Crippen LogP contribution in [0.15, 0.2) is 67.8 Å². The molecule has 0 saturated carbocycles. The van der Waals surface area contributed by atoms with Crippen LogP contribution in [0.3, 0.4) is 0 Å². The fraction of sp³-hybridized carbons (Fsp3) is 0.486. The highest BCUT2D eigenvalue weighted by Crippen LogP contribution is 2.64. The molecule has 206 valence electrons. The largest absolute Gasteiger partial charge is 0.329 e. The van der Waals surface area contributed by atoms with E-state index in [0.717, 1.165) is 35.5 Å². The number of para-hydroxylation sites is 2. The molecule has 2 aliphatic heterocycles. The number of fused-ring (bicyclic) bond motifs is 6. The van der Waals surface area contributed by atoms with Crippen LogP contribution in [0.5, 0.6) is 0 Å². The zero-order chi connectivity index (χ0) is 28.5. The van der Waals surface area contributed by atoms with Crippen LogP contribution in [0.25, 0.3) is 11.0 Å². The van der Waals surface area contributed by atoms with Crippen LogP contribution >= 0.6 is 0 Å². The highest BCUT2D eigenvalue weighted by atomic mass is 15.5. The fourth-order valence-electron chi connectivity index (χ4n) is 7.12. The van der Waals surface area contributed by atoms with Gasteiger partial charge in [0.1, 0.15) is 6.17 Å². The van der Waals surface area contributed by atoms with Crippen LogP contribution in [0.1, 0.15) is 86.3 Å². The lowest BCUT2D eigenvalue weighted by molar-refractivity contribution is 0.105. The summed E-state index contributed by atoms with van der Waals surface area (Å²) in [6.45, 7) is 29.6. The second kappa shape index (κ2) is 8.94. The predicted molar refractivity (Wildman–Crippen MR) is 167 cm³/mol. The normalized spacial score (nSPS) is 25.2. The van der Waals surface area contributed by atoms with E-state index in [0.29, 0.717) is 0 Å². The predicted octanol–water partition coefficient (Wildman–Crippen LogP) is 9.08. The Kier molecular flexibility index (Phi) is 6.29. The number of rotatable bonds is 6. The Labute approximate surface area is 235 Å². The molecule has 0 radical (unpaired) electrons. The maximum atomic E-state index is 5.32. The first-order valence-electron chi connectivity index (χ1n) is 14.6. The van der Waals surface area contributed by atoms with Gasteiger partial charge in [-0.2, -0.15) is 0 Å². The van der Waals surface area contributed by atoms with Crippen LogP contribution < -0.4 is 9.80 Å². The molecule has 5 rings (SSSR count). The average Bonchev–Trinajstić information content (AvgIpc) is 3.25. The Morgan fingerprint density at radius 3 is 2.08 bits per heavy atom. The first kappa shape index (κ1) is 27.4. The van der Waals surface area contributed by atoms with Crippen molar-refractivity contribution in [3.05, 3.63) is 78.9 Å². The second-order valence-electron chi connectivity index (χ2n) is 13.5. The molecular weight excluding hydrogens is 476 g/mol. The molecule has 0 fully saturated rings. The Bertz CT molecular complexity index is 1450. The SMILES string of the molecule is C=CC(C)(C)[C@@H](C)N1c2nc3ccccc3nc2N2c3ccc(C(C)(C)C)cc3C(C=C)(CC)C(C)(CC)C21. The van der Waals surface area contributed by atoms with Gasteiger partial charge in [-0.1, -0.05) is 91.8 Å². The summed E-state index contributed by atoms with van der Waals surface area (Å²) in [6.07, 6.45) is 6.32. The van der Waals surface area contributed by atoms with Gasteiger partial charge in [0.2, 0.25) is 0 Å². The van der Waals surface area contributed by atoms with E-state index in [9.17, 15) is 0 Å². The van der Waals surface area contributed by atoms with Gasteiger partial charge in [-0.05, 0) is 54.5 Å². The molecule has 2 aromatic carbocycles. The molecule has 3 aromatic rings. The van der Waals surface area contributed by atoms with E-state index in [-0.39, 0.29) is 33.9 Å². The molecule has 3 heterocycles. The minimum Gasteiger partial charge on any atom is -0.329 e. The van der Waals surface area contributed by atoms with Crippen molar-refractivity contribution < 1.29 is 0 Å². The van der Waals surface area contributed by atoms with Crippen molar-refractivity contribution in [2.45, 2.75) is 98.2 Å². The smallest absolute Gasteiger partial charge is 0.178 e. The van der Waals surface area contributed by atoms with Gasteiger partial charge in [0, 0.05) is 28.0 Å². The molecule has 0 saturated heterocycles. The molecule has 4 atom stereocenters. The van der Waals surface area contributed by atoms with Gasteiger partial charge in [-0.3, -0.25) is 0 Å². The van der Waals surface area contributed by atoms with Crippen molar-refractivity contribution in [3.63, 3.8) is 0 Å². The van der Waals surface area contributed by atoms with E-state index < -0.39 is 0 Å². The van der Waals surface area contributed by atoms with Gasteiger partial charge in [0.25, 0.3) is 0 Å². The monoisotopic (exact) mass is 522 g/mol. The lowest BCUT2D eigenvalue weighted by Crippen LogP contribution is -2.65. The molecule has 4 heteroatoms. The topological polar surface area (TPSA) is 32.3 Å². The Morgan fingerprint density at radius 2 is 1.56 bits per heavy atom. The van der Waals surface area contributed by atoms with Crippen LogP contribution in [0, 0.1) is 10.8 Å². The number of nitrogens with zero attached hydrogens (tertiary/aromatic N) is 4. The number of benzene rings is 2. The lowest BCUT2D eigenvalue weighted by atomic mass is 9.53. The summed E-state index contributed by atoms with van der Waals surface area (Å²) in [7, 11) is 0. The summed E-state index contributed by atoms with van der Waals surface area (Å²) in [6, 6.07) is 15.5. The van der Waals surface area contributed by atoms with Crippen molar-refractivity contribution in [1.82, 2.24) is 9.97 Å². The third kappa shape index (κ3) is 3.63. The number of hydrogen-bond acceptors (Lipinski definition) is 4. The second-order valence-corrected chi connectivity index (χ2v) is 13.5. The number of anilines is 3. The molecule has 39 heavy (non-hydrogen) atoms. The zero-order valence-electron chi connectivity index (χ0n) is 25.5. The van der Waals surface area contributed by atoms with E-state index in [4.69, 9.17) is 9.97 Å². The lowest BCUT2D eigenvalue weighted by Gasteiger charge is -2.60. The minimum atomic E-state index is -0.225. The quantitative estimate of drug-likeness (QED) is 0.302. The van der Waals surface area contributed by atoms with Crippen molar-refractivity contribution >= 4 is 28.4 Å². The number of aromatic nitrogens is 2. The van der Waals surface area contributed by atoms with Gasteiger partial charge in [-0.25, -0.2) is 9.97 Å². The summed E-state index contributed by atoms with van der Waals surface area (Å²) in [5.74, 6) is 1.91. The fourth-order valence-corrected chi connectivity index (χ4v) is 7.12. The van der Waals surface area contributed by atoms with E-state index in [1.807, 2.05) is 12.1 Å². The summed E-state index contributed by atoms with van der Waals surface area (Å²) in [4.78, 5) is 15.7. The molecule has 1 aromatic heterocycles. The van der Waals surface area contributed by atoms with E-state index in [1.54, 1.807) is 0 Å². The van der Waals surface area contributed by atoms with Crippen LogP contribution in [0.2, 0.25) is 0 Å². The van der Waals surface area contributed by atoms with Crippen molar-refractivity contribution in [3.8, 4) is 0 Å². The molecule has 2 aliphatic rings. The van der Waals surface area contributed by atoms with Crippen molar-refractivity contribution in [2.75, 3.05) is 9.80 Å². The molecule has 0 spiro atoms. The van der Waals surface area contributed by atoms with Crippen molar-refractivity contribution in [2.24, 2.45) is 10.8 Å². The van der Waals surface area contributed by atoms with Crippen LogP contribution in [-0.4, -0.2) is 22.2 Å². The van der Waals surface area contributed by atoms with Gasteiger partial charge in [0.15, 0.2) is 11.6 Å². The highest BCUT2D eigenvalue weighted by Gasteiger charge is 2.63. The molecule has 0 amide bonds. The summed E-state index contributed by atoms with van der Waals surface area (Å²) in [5, 5.41) is 0. The Morgan fingerprint density at radius 1 is 0.949 bits per heavy atom. The highest BCUT2D eigenvalue weighted by molar-refractivity contribution is 5.89. The molecule has 0 bridgehead atoms. The van der Waals surface area contributed by atoms with Gasteiger partial charge < -0.3 is 9.80 Å². The maximum Gasteiger partial charge on any atom is 0.178 e. The third-order valence-electron chi connectivity index (χ3n) is 10.4. The first-order valence-corrected chi connectivity index (χ1v) is 14.6. The minimum absolute atomic E-state index is 0.0227. The van der Waals surface area contributed by atoms with Gasteiger partial charge in [0.05, 0.1) is 11.0 Å². The van der Waals surface area contributed by atoms with E-state index in [1.165, 1.54) is 16.8 Å². The van der Waals surface area contributed by atoms with E-state index in [2.05, 4.69) is 128 Å². The Hall–Kier alpha value is -3.14. The van der Waals surface area contributed by atoms with Gasteiger partial charge >= 0.3 is 0 Å². The third-order valence-corrected chi connectivity index (χ3v) is 10.4. The number of allylic oxidation sites excluding steroid dienone is 1. The molecule has 4 nitrogen and oxygen atoms in total. The average molecular weight is 523 g/mol. The summed E-state index contributed by atoms with van der Waals surface area (Å²) >= 11 is 0. The molecular formula is C35H46N4. The molecule has 0 N–H and O–H groups in total. The van der Waals surface area contributed by atoms with Gasteiger partial charge in [-0.15, -0.1) is 13.2 Å². The van der Waals surface area contributed by atoms with Crippen LogP contribution in [-0.2, 0) is 10.8 Å². The Balaban J connectivity index is 1.92. The molecule has 0 aliphatic carbocycles. The zero-order valence-corrected chi connectivity index (χ0v) is 25.5. The maximum absolute atomic E-state index is 5.32. The van der Waals surface area contributed by atoms with Crippen molar-refractivity contribution in [1.29, 1.82) is 0 Å². The number of hydrogen-bond donors (Lipinski definition) is 0. The van der Waals surface area contributed by atoms with Crippen LogP contribution in [0.4, 0.5) is 17.3 Å². The van der Waals surface area contributed by atoms with E-state index >= 15 is 0 Å². The molecule has 3 unspecified atom stereocenters. The first-order chi connectivity index (χ1) is 18.3. The summed E-state index contributed by atoms with van der Waals surface area (Å²) in [5.41, 5.74) is 5.27. The standard InChI is InChI=1S/C35H46N4/c1-12-33(9,10)23(5)38-29-30(37-27-19-17-16-18-26(27)36-29)39-28-21-20-24(32(6,7)8)22-25(28)35(14-3,15-4)34(11,13-2)31(38)39/h12,14,16-23,31H,1,3,13,15H2,2,4-11H3/t23-,31?,34?,35?/m1/s1. The summed E-state index contributed by atoms with van der Waals surface area (Å²) < 4.78 is 0.